The minimum atomic E-state index is 0.118. The molecule has 0 amide bonds. The van der Waals surface area contributed by atoms with Gasteiger partial charge < -0.3 is 13.9 Å². The van der Waals surface area contributed by atoms with Gasteiger partial charge in [-0.15, -0.1) is 0 Å². The molecular weight excluding hydrogens is 286 g/mol. The molecule has 0 radical (unpaired) electrons. The third kappa shape index (κ3) is 2.68. The molecule has 2 aromatic heterocycles. The summed E-state index contributed by atoms with van der Waals surface area (Å²) in [7, 11) is 0. The average molecular weight is 309 g/mol. The zero-order valence-corrected chi connectivity index (χ0v) is 13.4. The summed E-state index contributed by atoms with van der Waals surface area (Å²) in [4.78, 5) is 15.3. The first-order valence-electron chi connectivity index (χ1n) is 8.65. The fourth-order valence-electron chi connectivity index (χ4n) is 3.77. The number of hydrogen-bond donors (Lipinski definition) is 0. The Kier molecular flexibility index (Phi) is 3.92. The van der Waals surface area contributed by atoms with Crippen LogP contribution in [0.2, 0.25) is 0 Å². The molecule has 1 fully saturated rings. The molecule has 0 bridgehead atoms. The standard InChI is InChI=1S/C19H23N3O/c23-19-18-10-6-14-21(18)16-8-2-3-9-17(16)22(19)15-7-13-20-11-4-1-5-12-20/h2-3,6,8-10,14H,1,4-5,7,11-13,15H2. The van der Waals surface area contributed by atoms with Gasteiger partial charge in [0.15, 0.2) is 0 Å². The normalized spacial score (nSPS) is 16.3. The van der Waals surface area contributed by atoms with E-state index in [1.165, 1.54) is 32.4 Å². The van der Waals surface area contributed by atoms with Crippen molar-refractivity contribution in [1.29, 1.82) is 0 Å². The van der Waals surface area contributed by atoms with E-state index in [0.29, 0.717) is 0 Å². The Morgan fingerprint density at radius 3 is 2.39 bits per heavy atom. The zero-order chi connectivity index (χ0) is 15.6. The van der Waals surface area contributed by atoms with Crippen LogP contribution in [0.3, 0.4) is 0 Å². The average Bonchev–Trinajstić information content (AvgIpc) is 3.09. The van der Waals surface area contributed by atoms with Crippen molar-refractivity contribution in [2.45, 2.75) is 32.2 Å². The van der Waals surface area contributed by atoms with Crippen LogP contribution < -0.4 is 5.56 Å². The van der Waals surface area contributed by atoms with Crippen LogP contribution >= 0.6 is 0 Å². The number of fused-ring (bicyclic) bond motifs is 3. The molecule has 1 aliphatic rings. The van der Waals surface area contributed by atoms with Crippen molar-refractivity contribution in [3.63, 3.8) is 0 Å². The third-order valence-corrected chi connectivity index (χ3v) is 4.95. The first kappa shape index (κ1) is 14.5. The lowest BCUT2D eigenvalue weighted by Crippen LogP contribution is -2.32. The largest absolute Gasteiger partial charge is 0.310 e. The fourth-order valence-corrected chi connectivity index (χ4v) is 3.77. The first-order chi connectivity index (χ1) is 11.3. The van der Waals surface area contributed by atoms with Gasteiger partial charge >= 0.3 is 0 Å². The van der Waals surface area contributed by atoms with E-state index in [0.717, 1.165) is 36.1 Å². The van der Waals surface area contributed by atoms with Crippen LogP contribution in [0.1, 0.15) is 25.7 Å². The van der Waals surface area contributed by atoms with Crippen LogP contribution in [0.4, 0.5) is 0 Å². The SMILES string of the molecule is O=c1c2cccn2c2ccccc2n1CCCN1CCCCC1. The molecule has 4 nitrogen and oxygen atoms in total. The van der Waals surface area contributed by atoms with Gasteiger partial charge in [0.2, 0.25) is 0 Å². The van der Waals surface area contributed by atoms with E-state index in [9.17, 15) is 4.79 Å². The number of hydrogen-bond acceptors (Lipinski definition) is 2. The zero-order valence-electron chi connectivity index (χ0n) is 13.4. The quantitative estimate of drug-likeness (QED) is 0.741. The maximum atomic E-state index is 12.8. The van der Waals surface area contributed by atoms with Gasteiger partial charge in [-0.3, -0.25) is 4.79 Å². The van der Waals surface area contributed by atoms with Crippen LogP contribution in [-0.2, 0) is 6.54 Å². The third-order valence-electron chi connectivity index (χ3n) is 4.95. The van der Waals surface area contributed by atoms with Gasteiger partial charge in [0.25, 0.3) is 5.56 Å². The lowest BCUT2D eigenvalue weighted by Gasteiger charge is -2.26. The second-order valence-corrected chi connectivity index (χ2v) is 6.46. The van der Waals surface area contributed by atoms with Crippen molar-refractivity contribution in [2.75, 3.05) is 19.6 Å². The molecule has 120 valence electrons. The number of likely N-dealkylation sites (tertiary alicyclic amines) is 1. The summed E-state index contributed by atoms with van der Waals surface area (Å²) in [6.07, 6.45) is 7.00. The molecule has 4 rings (SSSR count). The molecule has 1 aromatic carbocycles. The summed E-state index contributed by atoms with van der Waals surface area (Å²) in [5.74, 6) is 0. The highest BCUT2D eigenvalue weighted by molar-refractivity contribution is 5.78. The number of rotatable bonds is 4. The van der Waals surface area contributed by atoms with E-state index in [1.807, 2.05) is 39.4 Å². The number of benzene rings is 1. The lowest BCUT2D eigenvalue weighted by molar-refractivity contribution is 0.223. The molecule has 0 unspecified atom stereocenters. The van der Waals surface area contributed by atoms with Gasteiger partial charge in [-0.1, -0.05) is 18.6 Å². The van der Waals surface area contributed by atoms with Crippen LogP contribution in [0, 0.1) is 0 Å². The highest BCUT2D eigenvalue weighted by atomic mass is 16.1. The Labute approximate surface area is 135 Å². The van der Waals surface area contributed by atoms with Crippen LogP contribution in [0.25, 0.3) is 16.6 Å². The highest BCUT2D eigenvalue weighted by Gasteiger charge is 2.12. The summed E-state index contributed by atoms with van der Waals surface area (Å²) in [6, 6.07) is 12.0. The second-order valence-electron chi connectivity index (χ2n) is 6.46. The first-order valence-corrected chi connectivity index (χ1v) is 8.65. The topological polar surface area (TPSA) is 29.6 Å². The van der Waals surface area contributed by atoms with Crippen molar-refractivity contribution in [2.24, 2.45) is 0 Å². The molecule has 0 N–H and O–H groups in total. The Balaban J connectivity index is 1.64. The summed E-state index contributed by atoms with van der Waals surface area (Å²) in [5, 5.41) is 0. The molecule has 0 saturated carbocycles. The van der Waals surface area contributed by atoms with Gasteiger partial charge in [-0.05, 0) is 63.2 Å². The molecule has 0 spiro atoms. The minimum absolute atomic E-state index is 0.118. The monoisotopic (exact) mass is 309 g/mol. The van der Waals surface area contributed by atoms with Gasteiger partial charge in [0.1, 0.15) is 5.52 Å². The fraction of sp³-hybridized carbons (Fsp3) is 0.421. The Morgan fingerprint density at radius 1 is 0.826 bits per heavy atom. The number of nitrogens with zero attached hydrogens (tertiary/aromatic N) is 3. The molecule has 0 atom stereocenters. The Hall–Kier alpha value is -2.07. The summed E-state index contributed by atoms with van der Waals surface area (Å²) >= 11 is 0. The van der Waals surface area contributed by atoms with Gasteiger partial charge in [-0.25, -0.2) is 0 Å². The molecule has 3 heterocycles. The molecule has 4 heteroatoms. The van der Waals surface area contributed by atoms with E-state index in [-0.39, 0.29) is 5.56 Å². The lowest BCUT2D eigenvalue weighted by atomic mass is 10.1. The summed E-state index contributed by atoms with van der Waals surface area (Å²) in [6.45, 7) is 4.31. The maximum Gasteiger partial charge on any atom is 0.275 e. The maximum absolute atomic E-state index is 12.8. The van der Waals surface area contributed by atoms with Crippen LogP contribution in [0.5, 0.6) is 0 Å². The number of aromatic nitrogens is 2. The van der Waals surface area contributed by atoms with Crippen LogP contribution in [0.15, 0.2) is 47.4 Å². The predicted octanol–water partition coefficient (Wildman–Crippen LogP) is 3.13. The van der Waals surface area contributed by atoms with E-state index >= 15 is 0 Å². The van der Waals surface area contributed by atoms with Gasteiger partial charge in [0.05, 0.1) is 11.0 Å². The van der Waals surface area contributed by atoms with Crippen molar-refractivity contribution >= 4 is 16.6 Å². The number of piperidine rings is 1. The summed E-state index contributed by atoms with van der Waals surface area (Å²) < 4.78 is 3.95. The van der Waals surface area contributed by atoms with Crippen molar-refractivity contribution < 1.29 is 0 Å². The highest BCUT2D eigenvalue weighted by Crippen LogP contribution is 2.16. The smallest absolute Gasteiger partial charge is 0.275 e. The Morgan fingerprint density at radius 2 is 1.57 bits per heavy atom. The number of para-hydroxylation sites is 2. The summed E-state index contributed by atoms with van der Waals surface area (Å²) in [5.41, 5.74) is 3.01. The molecule has 0 aliphatic carbocycles. The molecule has 1 saturated heterocycles. The molecule has 23 heavy (non-hydrogen) atoms. The van der Waals surface area contributed by atoms with Crippen molar-refractivity contribution in [3.05, 3.63) is 52.9 Å². The number of aryl methyl sites for hydroxylation is 1. The second kappa shape index (κ2) is 6.20. The molecule has 1 aliphatic heterocycles. The van der Waals surface area contributed by atoms with Gasteiger partial charge in [-0.2, -0.15) is 0 Å². The minimum Gasteiger partial charge on any atom is -0.310 e. The molecule has 3 aromatic rings. The predicted molar refractivity (Wildman–Crippen MR) is 94.1 cm³/mol. The van der Waals surface area contributed by atoms with E-state index < -0.39 is 0 Å². The van der Waals surface area contributed by atoms with Crippen molar-refractivity contribution in [3.8, 4) is 0 Å². The van der Waals surface area contributed by atoms with Crippen molar-refractivity contribution in [1.82, 2.24) is 13.9 Å². The molecular formula is C19H23N3O. The van der Waals surface area contributed by atoms with E-state index in [4.69, 9.17) is 0 Å². The van der Waals surface area contributed by atoms with E-state index in [1.54, 1.807) is 0 Å². The van der Waals surface area contributed by atoms with E-state index in [2.05, 4.69) is 17.0 Å². The van der Waals surface area contributed by atoms with Gasteiger partial charge in [0, 0.05) is 12.7 Å². The van der Waals surface area contributed by atoms with Crippen LogP contribution in [-0.4, -0.2) is 33.5 Å². The Bertz CT molecular complexity index is 871.